The Bertz CT molecular complexity index is 1160. The fraction of sp³-hybridized carbons (Fsp3) is 0.174. The summed E-state index contributed by atoms with van der Waals surface area (Å²) in [5, 5.41) is 13.0. The molecule has 4 rings (SSSR count). The second kappa shape index (κ2) is 9.21. The van der Waals surface area contributed by atoms with Crippen molar-refractivity contribution in [2.24, 2.45) is 0 Å². The van der Waals surface area contributed by atoms with Gasteiger partial charge < -0.3 is 24.8 Å². The van der Waals surface area contributed by atoms with E-state index in [1.54, 1.807) is 36.4 Å². The summed E-state index contributed by atoms with van der Waals surface area (Å²) in [6.07, 6.45) is -4.80. The van der Waals surface area contributed by atoms with Crippen molar-refractivity contribution in [1.82, 2.24) is 0 Å². The first-order valence-electron chi connectivity index (χ1n) is 9.84. The number of carbonyl (C=O) groups is 1. The van der Waals surface area contributed by atoms with Crippen LogP contribution in [0.2, 0.25) is 5.02 Å². The first-order valence-corrected chi connectivity index (χ1v) is 10.2. The highest BCUT2D eigenvalue weighted by Gasteiger charge is 2.33. The predicted molar refractivity (Wildman–Crippen MR) is 117 cm³/mol. The van der Waals surface area contributed by atoms with Crippen LogP contribution in [0.3, 0.4) is 0 Å². The number of fused-ring (bicyclic) bond motifs is 1. The van der Waals surface area contributed by atoms with Crippen molar-refractivity contribution in [3.8, 4) is 11.5 Å². The molecule has 1 amide bonds. The molecule has 1 unspecified atom stereocenters. The zero-order valence-corrected chi connectivity index (χ0v) is 17.7. The quantitative estimate of drug-likeness (QED) is 0.515. The lowest BCUT2D eigenvalue weighted by atomic mass is 10.1. The molecule has 0 fully saturated rings. The number of aliphatic hydroxyl groups is 1. The van der Waals surface area contributed by atoms with Crippen LogP contribution in [0.1, 0.15) is 10.4 Å². The lowest BCUT2D eigenvalue weighted by Gasteiger charge is -2.38. The van der Waals surface area contributed by atoms with Gasteiger partial charge in [-0.3, -0.25) is 4.79 Å². The molecule has 2 N–H and O–H groups in total. The van der Waals surface area contributed by atoms with Crippen LogP contribution >= 0.6 is 11.6 Å². The minimum atomic E-state index is -4.80. The van der Waals surface area contributed by atoms with E-state index in [0.717, 1.165) is 12.1 Å². The topological polar surface area (TPSA) is 71.0 Å². The van der Waals surface area contributed by atoms with E-state index < -0.39 is 24.1 Å². The number of hydrogen-bond acceptors (Lipinski definition) is 5. The number of amides is 1. The van der Waals surface area contributed by atoms with E-state index in [-0.39, 0.29) is 24.5 Å². The third-order valence-electron chi connectivity index (χ3n) is 4.95. The number of benzene rings is 3. The molecule has 0 saturated heterocycles. The molecule has 1 aliphatic heterocycles. The molecule has 0 radical (unpaired) electrons. The van der Waals surface area contributed by atoms with Crippen LogP contribution in [0, 0.1) is 0 Å². The summed E-state index contributed by atoms with van der Waals surface area (Å²) in [5.41, 5.74) is 1.70. The third kappa shape index (κ3) is 4.99. The number of ether oxygens (including phenoxy) is 2. The van der Waals surface area contributed by atoms with Gasteiger partial charge in [0, 0.05) is 5.69 Å². The average Bonchev–Trinajstić information content (AvgIpc) is 2.78. The molecule has 0 aliphatic carbocycles. The zero-order valence-electron chi connectivity index (χ0n) is 17.0. The van der Waals surface area contributed by atoms with E-state index in [9.17, 15) is 23.1 Å². The number of para-hydroxylation sites is 2. The largest absolute Gasteiger partial charge is 0.573 e. The van der Waals surface area contributed by atoms with E-state index in [1.807, 2.05) is 11.0 Å². The fourth-order valence-corrected chi connectivity index (χ4v) is 3.77. The van der Waals surface area contributed by atoms with E-state index in [0.29, 0.717) is 22.1 Å². The summed E-state index contributed by atoms with van der Waals surface area (Å²) in [6, 6.07) is 16.5. The van der Waals surface area contributed by atoms with Crippen LogP contribution < -0.4 is 19.7 Å². The second-order valence-electron chi connectivity index (χ2n) is 7.15. The Hall–Kier alpha value is -3.43. The maximum atomic E-state index is 13.0. The molecular weight excluding hydrogens is 461 g/mol. The number of aliphatic hydroxyl groups excluding tert-OH is 1. The van der Waals surface area contributed by atoms with Crippen molar-refractivity contribution < 1.29 is 32.5 Å². The Morgan fingerprint density at radius 3 is 2.45 bits per heavy atom. The SMILES string of the molecule is O=C(Nc1ccc(OC(F)(F)F)cc1)c1cccc2c1OCC(CO)N2c1ccccc1Cl. The number of carbonyl (C=O) groups excluding carboxylic acids is 1. The average molecular weight is 479 g/mol. The number of nitrogens with one attached hydrogen (secondary N) is 1. The van der Waals surface area contributed by atoms with E-state index in [4.69, 9.17) is 16.3 Å². The minimum Gasteiger partial charge on any atom is -0.488 e. The van der Waals surface area contributed by atoms with Crippen molar-refractivity contribution in [2.45, 2.75) is 12.4 Å². The molecule has 0 bridgehead atoms. The number of anilines is 3. The summed E-state index contributed by atoms with van der Waals surface area (Å²) in [6.45, 7) is -0.0874. The highest BCUT2D eigenvalue weighted by atomic mass is 35.5. The molecule has 6 nitrogen and oxygen atoms in total. The maximum Gasteiger partial charge on any atom is 0.573 e. The predicted octanol–water partition coefficient (Wildman–Crippen LogP) is 5.38. The molecule has 0 spiro atoms. The molecular formula is C23H18ClF3N2O4. The normalized spacial score (nSPS) is 15.4. The summed E-state index contributed by atoms with van der Waals surface area (Å²) >= 11 is 6.38. The van der Waals surface area contributed by atoms with Gasteiger partial charge in [-0.2, -0.15) is 0 Å². The van der Waals surface area contributed by atoms with Gasteiger partial charge in [-0.05, 0) is 48.5 Å². The van der Waals surface area contributed by atoms with Gasteiger partial charge in [-0.25, -0.2) is 0 Å². The molecule has 1 atom stereocenters. The highest BCUT2D eigenvalue weighted by molar-refractivity contribution is 6.33. The molecule has 1 aliphatic rings. The lowest BCUT2D eigenvalue weighted by molar-refractivity contribution is -0.274. The Morgan fingerprint density at radius 2 is 1.79 bits per heavy atom. The summed E-state index contributed by atoms with van der Waals surface area (Å²) in [4.78, 5) is 14.8. The van der Waals surface area contributed by atoms with Gasteiger partial charge in [0.25, 0.3) is 5.91 Å². The molecule has 3 aromatic rings. The van der Waals surface area contributed by atoms with E-state index >= 15 is 0 Å². The van der Waals surface area contributed by atoms with E-state index in [1.165, 1.54) is 12.1 Å². The van der Waals surface area contributed by atoms with Crippen molar-refractivity contribution in [1.29, 1.82) is 0 Å². The Labute approximate surface area is 192 Å². The molecule has 3 aromatic carbocycles. The lowest BCUT2D eigenvalue weighted by Crippen LogP contribution is -2.43. The summed E-state index contributed by atoms with van der Waals surface area (Å²) in [5.74, 6) is -0.610. The monoisotopic (exact) mass is 478 g/mol. The fourth-order valence-electron chi connectivity index (χ4n) is 3.54. The van der Waals surface area contributed by atoms with E-state index in [2.05, 4.69) is 10.1 Å². The highest BCUT2D eigenvalue weighted by Crippen LogP contribution is 2.43. The van der Waals surface area contributed by atoms with Gasteiger partial charge in [-0.1, -0.05) is 29.8 Å². The van der Waals surface area contributed by atoms with Gasteiger partial charge in [0.2, 0.25) is 0 Å². The number of rotatable bonds is 5. The molecule has 172 valence electrons. The van der Waals surface area contributed by atoms with Crippen molar-refractivity contribution >= 4 is 34.6 Å². The number of halogens is 4. The van der Waals surface area contributed by atoms with Crippen molar-refractivity contribution in [3.05, 3.63) is 77.3 Å². The Morgan fingerprint density at radius 1 is 1.09 bits per heavy atom. The van der Waals surface area contributed by atoms with Crippen molar-refractivity contribution in [2.75, 3.05) is 23.4 Å². The maximum absolute atomic E-state index is 13.0. The number of nitrogens with zero attached hydrogens (tertiary/aromatic N) is 1. The van der Waals surface area contributed by atoms with Crippen LogP contribution in [0.15, 0.2) is 66.7 Å². The van der Waals surface area contributed by atoms with Gasteiger partial charge >= 0.3 is 6.36 Å². The standard InChI is InChI=1S/C23H18ClF3N2O4/c24-18-5-1-2-6-19(18)29-15(12-30)13-32-21-17(4-3-7-20(21)29)22(31)28-14-8-10-16(11-9-14)33-23(25,26)27/h1-11,15,30H,12-13H2,(H,28,31). The number of hydrogen-bond donors (Lipinski definition) is 2. The Kier molecular flexibility index (Phi) is 6.35. The summed E-state index contributed by atoms with van der Waals surface area (Å²) < 4.78 is 46.7. The third-order valence-corrected chi connectivity index (χ3v) is 5.27. The van der Waals surface area contributed by atoms with Gasteiger partial charge in [0.15, 0.2) is 5.75 Å². The first kappa shape index (κ1) is 22.8. The Balaban J connectivity index is 1.62. The molecule has 10 heteroatoms. The molecule has 0 saturated carbocycles. The van der Waals surface area contributed by atoms with Crippen molar-refractivity contribution in [3.63, 3.8) is 0 Å². The number of alkyl halides is 3. The zero-order chi connectivity index (χ0) is 23.6. The minimum absolute atomic E-state index is 0.114. The van der Waals surface area contributed by atoms with Gasteiger partial charge in [-0.15, -0.1) is 13.2 Å². The smallest absolute Gasteiger partial charge is 0.488 e. The first-order chi connectivity index (χ1) is 15.8. The van der Waals surface area contributed by atoms with Crippen LogP contribution in [-0.2, 0) is 0 Å². The van der Waals surface area contributed by atoms with Crippen LogP contribution in [0.25, 0.3) is 0 Å². The molecule has 0 aromatic heterocycles. The second-order valence-corrected chi connectivity index (χ2v) is 7.56. The summed E-state index contributed by atoms with van der Waals surface area (Å²) in [7, 11) is 0. The van der Waals surface area contributed by atoms with Gasteiger partial charge in [0.1, 0.15) is 12.4 Å². The molecule has 1 heterocycles. The van der Waals surface area contributed by atoms with Gasteiger partial charge in [0.05, 0.1) is 34.6 Å². The van der Waals surface area contributed by atoms with Crippen LogP contribution in [0.5, 0.6) is 11.5 Å². The van der Waals surface area contributed by atoms with Crippen LogP contribution in [-0.4, -0.2) is 36.6 Å². The van der Waals surface area contributed by atoms with Crippen LogP contribution in [0.4, 0.5) is 30.2 Å². The molecule has 33 heavy (non-hydrogen) atoms.